The van der Waals surface area contributed by atoms with Crippen LogP contribution in [0.25, 0.3) is 0 Å². The maximum Gasteiger partial charge on any atom is 0.305 e. The molecule has 0 aromatic heterocycles. The smallest absolute Gasteiger partial charge is 0.305 e. The van der Waals surface area contributed by atoms with Gasteiger partial charge in [-0.3, -0.25) is 24.0 Å². The van der Waals surface area contributed by atoms with Crippen molar-refractivity contribution in [2.24, 2.45) is 0 Å². The second kappa shape index (κ2) is 13.7. The number of rotatable bonds is 13. The first kappa shape index (κ1) is 31.9. The molecule has 0 aliphatic carbocycles. The first-order valence-corrected chi connectivity index (χ1v) is 12.0. The number of ketones is 2. The number of carboxylic acids is 1. The average molecular weight is 569 g/mol. The third-order valence-corrected chi connectivity index (χ3v) is 5.58. The fraction of sp³-hybridized carbons (Fsp3) is 0.370. The molecule has 40 heavy (non-hydrogen) atoms. The van der Waals surface area contributed by atoms with Crippen molar-refractivity contribution in [1.29, 1.82) is 0 Å². The lowest BCUT2D eigenvalue weighted by Crippen LogP contribution is -2.44. The number of hydrogen-bond acceptors (Lipinski definition) is 6. The highest BCUT2D eigenvalue weighted by molar-refractivity contribution is 6.40. The van der Waals surface area contributed by atoms with Gasteiger partial charge in [0.05, 0.1) is 6.42 Å². The van der Waals surface area contributed by atoms with E-state index in [1.807, 2.05) is 26.8 Å². The summed E-state index contributed by atoms with van der Waals surface area (Å²) in [5.74, 6) is -14.1. The SMILES string of the molecule is CC(C)(C)c1ccccc1NC(=O)C(=O)CCCC(=O)N[C@@H](CC(=O)O)C(=O)COc1c(F)c(F)cc(F)c1F. The Morgan fingerprint density at radius 1 is 0.950 bits per heavy atom. The molecule has 0 saturated carbocycles. The van der Waals surface area contributed by atoms with Gasteiger partial charge in [0.1, 0.15) is 12.6 Å². The van der Waals surface area contributed by atoms with Gasteiger partial charge in [-0.15, -0.1) is 0 Å². The molecule has 9 nitrogen and oxygen atoms in total. The molecule has 2 amide bonds. The number of ether oxygens (including phenoxy) is 1. The molecule has 0 fully saturated rings. The van der Waals surface area contributed by atoms with Gasteiger partial charge in [0.2, 0.25) is 23.3 Å². The molecule has 0 aliphatic rings. The van der Waals surface area contributed by atoms with Crippen molar-refractivity contribution in [3.05, 3.63) is 59.2 Å². The van der Waals surface area contributed by atoms with Crippen molar-refractivity contribution in [2.75, 3.05) is 11.9 Å². The molecule has 0 unspecified atom stereocenters. The third kappa shape index (κ3) is 8.89. The maximum atomic E-state index is 13.7. The largest absolute Gasteiger partial charge is 0.481 e. The number of Topliss-reactive ketones (excluding diaryl/α,β-unsaturated/α-hetero) is 2. The molecule has 13 heteroatoms. The zero-order valence-corrected chi connectivity index (χ0v) is 21.9. The van der Waals surface area contributed by atoms with Gasteiger partial charge in [-0.1, -0.05) is 39.0 Å². The minimum atomic E-state index is -1.90. The summed E-state index contributed by atoms with van der Waals surface area (Å²) >= 11 is 0. The molecule has 2 aromatic carbocycles. The van der Waals surface area contributed by atoms with E-state index in [1.54, 1.807) is 18.2 Å². The Hall–Kier alpha value is -4.29. The van der Waals surface area contributed by atoms with E-state index in [2.05, 4.69) is 15.4 Å². The first-order chi connectivity index (χ1) is 18.6. The standard InChI is InChI=1S/C27H28F4N2O7/c1-27(2,3)14-7-4-5-8-17(14)33-26(39)19(34)9-6-10-21(36)32-18(12-22(37)38)20(35)13-40-25-23(30)15(28)11-16(29)24(25)31/h4-5,7-8,11,18H,6,9-10,12-13H2,1-3H3,(H,32,36)(H,33,39)(H,37,38)/t18-/m0/s1. The van der Waals surface area contributed by atoms with E-state index in [9.17, 15) is 41.5 Å². The Bertz CT molecular complexity index is 1280. The Kier molecular flexibility index (Phi) is 10.9. The number of anilines is 1. The molecule has 0 saturated heterocycles. The summed E-state index contributed by atoms with van der Waals surface area (Å²) in [6, 6.07) is 5.17. The monoisotopic (exact) mass is 568 g/mol. The normalized spacial score (nSPS) is 11.9. The maximum absolute atomic E-state index is 13.7. The summed E-state index contributed by atoms with van der Waals surface area (Å²) in [5.41, 5.74) is 0.959. The van der Waals surface area contributed by atoms with Crippen LogP contribution in [-0.4, -0.2) is 47.1 Å². The van der Waals surface area contributed by atoms with Crippen LogP contribution in [0.5, 0.6) is 5.75 Å². The molecule has 0 bridgehead atoms. The van der Waals surface area contributed by atoms with Crippen LogP contribution in [0.3, 0.4) is 0 Å². The number of halogens is 4. The lowest BCUT2D eigenvalue weighted by molar-refractivity contribution is -0.140. The van der Waals surface area contributed by atoms with Gasteiger partial charge in [0, 0.05) is 24.6 Å². The van der Waals surface area contributed by atoms with E-state index < -0.39 is 77.4 Å². The topological polar surface area (TPSA) is 139 Å². The van der Waals surface area contributed by atoms with Crippen molar-refractivity contribution in [2.45, 2.75) is 57.9 Å². The Morgan fingerprint density at radius 3 is 2.12 bits per heavy atom. The molecular formula is C27H28F4N2O7. The number of amides is 2. The van der Waals surface area contributed by atoms with Crippen molar-refractivity contribution in [1.82, 2.24) is 5.32 Å². The molecule has 1 atom stereocenters. The number of aliphatic carboxylic acids is 1. The van der Waals surface area contributed by atoms with Crippen molar-refractivity contribution in [3.63, 3.8) is 0 Å². The zero-order valence-electron chi connectivity index (χ0n) is 21.9. The fourth-order valence-corrected chi connectivity index (χ4v) is 3.57. The summed E-state index contributed by atoms with van der Waals surface area (Å²) < 4.78 is 58.6. The van der Waals surface area contributed by atoms with Gasteiger partial charge < -0.3 is 20.5 Å². The van der Waals surface area contributed by atoms with Crippen molar-refractivity contribution < 1.29 is 51.4 Å². The zero-order chi connectivity index (χ0) is 30.2. The Balaban J connectivity index is 1.93. The van der Waals surface area contributed by atoms with Gasteiger partial charge in [0.25, 0.3) is 5.91 Å². The van der Waals surface area contributed by atoms with Crippen LogP contribution >= 0.6 is 0 Å². The molecule has 2 rings (SSSR count). The lowest BCUT2D eigenvalue weighted by atomic mass is 9.86. The van der Waals surface area contributed by atoms with E-state index in [1.165, 1.54) is 0 Å². The molecule has 3 N–H and O–H groups in total. The molecule has 0 spiro atoms. The fourth-order valence-electron chi connectivity index (χ4n) is 3.57. The Labute approximate surface area is 226 Å². The van der Waals surface area contributed by atoms with E-state index in [-0.39, 0.29) is 30.7 Å². The Morgan fingerprint density at radius 2 is 1.55 bits per heavy atom. The number of carboxylic acid groups (broad SMARTS) is 1. The van der Waals surface area contributed by atoms with Crippen molar-refractivity contribution >= 4 is 35.0 Å². The van der Waals surface area contributed by atoms with Crippen molar-refractivity contribution in [3.8, 4) is 5.75 Å². The van der Waals surface area contributed by atoms with Crippen LogP contribution in [0.2, 0.25) is 0 Å². The predicted octanol–water partition coefficient (Wildman–Crippen LogP) is 3.83. The van der Waals surface area contributed by atoms with Crippen LogP contribution in [-0.2, 0) is 29.4 Å². The number of nitrogens with one attached hydrogen (secondary N) is 2. The average Bonchev–Trinajstić information content (AvgIpc) is 2.86. The van der Waals surface area contributed by atoms with E-state index in [4.69, 9.17) is 5.11 Å². The van der Waals surface area contributed by atoms with Crippen LogP contribution in [0, 0.1) is 23.3 Å². The quantitative estimate of drug-likeness (QED) is 0.190. The van der Waals surface area contributed by atoms with Gasteiger partial charge in [-0.25, -0.2) is 8.78 Å². The van der Waals surface area contributed by atoms with Gasteiger partial charge in [-0.05, 0) is 23.5 Å². The first-order valence-electron chi connectivity index (χ1n) is 12.0. The minimum absolute atomic E-state index is 0.0635. The second-order valence-electron chi connectivity index (χ2n) is 9.80. The predicted molar refractivity (Wildman–Crippen MR) is 134 cm³/mol. The number of benzene rings is 2. The van der Waals surface area contributed by atoms with Crippen LogP contribution in [0.15, 0.2) is 30.3 Å². The summed E-state index contributed by atoms with van der Waals surface area (Å²) in [5, 5.41) is 13.7. The molecule has 216 valence electrons. The molecule has 0 heterocycles. The minimum Gasteiger partial charge on any atom is -0.481 e. The summed E-state index contributed by atoms with van der Waals surface area (Å²) in [4.78, 5) is 60.4. The van der Waals surface area contributed by atoms with Crippen LogP contribution in [0.1, 0.15) is 52.0 Å². The van der Waals surface area contributed by atoms with Gasteiger partial charge in [0.15, 0.2) is 23.2 Å². The number of hydrogen-bond donors (Lipinski definition) is 3. The summed E-state index contributed by atoms with van der Waals surface area (Å²) in [6.45, 7) is 4.59. The van der Waals surface area contributed by atoms with Gasteiger partial charge >= 0.3 is 5.97 Å². The highest BCUT2D eigenvalue weighted by Crippen LogP contribution is 2.29. The lowest BCUT2D eigenvalue weighted by Gasteiger charge is -2.22. The van der Waals surface area contributed by atoms with E-state index in [0.717, 1.165) is 5.56 Å². The summed E-state index contributed by atoms with van der Waals surface area (Å²) in [6.07, 6.45) is -1.77. The van der Waals surface area contributed by atoms with Crippen LogP contribution in [0.4, 0.5) is 23.2 Å². The number of para-hydroxylation sites is 1. The number of carbonyl (C=O) groups excluding carboxylic acids is 4. The van der Waals surface area contributed by atoms with E-state index >= 15 is 0 Å². The molecule has 2 aromatic rings. The summed E-state index contributed by atoms with van der Waals surface area (Å²) in [7, 11) is 0. The van der Waals surface area contributed by atoms with Crippen LogP contribution < -0.4 is 15.4 Å². The second-order valence-corrected chi connectivity index (χ2v) is 9.80. The van der Waals surface area contributed by atoms with Gasteiger partial charge in [-0.2, -0.15) is 8.78 Å². The van der Waals surface area contributed by atoms with E-state index in [0.29, 0.717) is 5.69 Å². The highest BCUT2D eigenvalue weighted by atomic mass is 19.2. The number of carbonyl (C=O) groups is 5. The molecule has 0 radical (unpaired) electrons. The molecule has 0 aliphatic heterocycles. The highest BCUT2D eigenvalue weighted by Gasteiger charge is 2.27. The third-order valence-electron chi connectivity index (χ3n) is 5.58. The molecular weight excluding hydrogens is 540 g/mol.